The summed E-state index contributed by atoms with van der Waals surface area (Å²) in [5.74, 6) is 1.35. The van der Waals surface area contributed by atoms with E-state index in [-0.39, 0.29) is 17.4 Å². The number of rotatable bonds is 1. The van der Waals surface area contributed by atoms with Gasteiger partial charge in [-0.25, -0.2) is 0 Å². The maximum Gasteiger partial charge on any atom is 0.139 e. The second kappa shape index (κ2) is 3.83. The van der Waals surface area contributed by atoms with Crippen LogP contribution in [0.3, 0.4) is 0 Å². The zero-order valence-corrected chi connectivity index (χ0v) is 10.8. The van der Waals surface area contributed by atoms with Crippen LogP contribution in [0.1, 0.15) is 52.9 Å². The number of aliphatic hydroxyl groups is 1. The van der Waals surface area contributed by atoms with Gasteiger partial charge >= 0.3 is 0 Å². The number of fused-ring (bicyclic) bond motifs is 1. The lowest BCUT2D eigenvalue weighted by Crippen LogP contribution is -2.54. The maximum absolute atomic E-state index is 12.2. The molecule has 2 fully saturated rings. The molecule has 4 atom stereocenters. The molecule has 0 bridgehead atoms. The summed E-state index contributed by atoms with van der Waals surface area (Å²) in [7, 11) is 0. The smallest absolute Gasteiger partial charge is 0.139 e. The molecule has 2 rings (SSSR count). The van der Waals surface area contributed by atoms with Crippen molar-refractivity contribution in [2.45, 2.75) is 52.9 Å². The summed E-state index contributed by atoms with van der Waals surface area (Å²) >= 11 is 0. The number of carbonyl (C=O) groups is 1. The molecule has 2 heteroatoms. The van der Waals surface area contributed by atoms with Gasteiger partial charge in [-0.2, -0.15) is 0 Å². The van der Waals surface area contributed by atoms with Gasteiger partial charge in [0.15, 0.2) is 0 Å². The molecule has 0 spiro atoms. The predicted octanol–water partition coefficient (Wildman–Crippen LogP) is 2.79. The zero-order chi connectivity index (χ0) is 12.0. The minimum absolute atomic E-state index is 0.0525. The van der Waals surface area contributed by atoms with Crippen molar-refractivity contribution in [2.24, 2.45) is 22.7 Å². The molecule has 92 valence electrons. The van der Waals surface area contributed by atoms with Crippen LogP contribution in [0.5, 0.6) is 0 Å². The van der Waals surface area contributed by atoms with E-state index >= 15 is 0 Å². The SMILES string of the molecule is C[C@@H]1CC[C@]2(C)C(=O)CCC[C@@H]2[C@@]1(C)CO. The number of ketones is 1. The highest BCUT2D eigenvalue weighted by molar-refractivity contribution is 5.85. The Morgan fingerprint density at radius 3 is 2.69 bits per heavy atom. The predicted molar refractivity (Wildman–Crippen MR) is 64.0 cm³/mol. The topological polar surface area (TPSA) is 37.3 Å². The standard InChI is InChI=1S/C14H24O2/c1-10-7-8-13(2)11(14(10,3)9-15)5-4-6-12(13)16/h10-11,15H,4-9H2,1-3H3/t10-,11+,13+,14+/m1/s1. The van der Waals surface area contributed by atoms with E-state index in [0.29, 0.717) is 17.6 Å². The van der Waals surface area contributed by atoms with E-state index in [4.69, 9.17) is 0 Å². The van der Waals surface area contributed by atoms with Crippen LogP contribution in [0.4, 0.5) is 0 Å². The molecular formula is C14H24O2. The average molecular weight is 224 g/mol. The Labute approximate surface area is 98.4 Å². The first kappa shape index (κ1) is 12.1. The second-order valence-corrected chi connectivity index (χ2v) is 6.39. The van der Waals surface area contributed by atoms with E-state index in [2.05, 4.69) is 20.8 Å². The van der Waals surface area contributed by atoms with Crippen molar-refractivity contribution in [3.05, 3.63) is 0 Å². The third kappa shape index (κ3) is 1.46. The Hall–Kier alpha value is -0.370. The Bertz CT molecular complexity index is 299. The first-order chi connectivity index (χ1) is 7.45. The maximum atomic E-state index is 12.2. The minimum atomic E-state index is -0.151. The van der Waals surface area contributed by atoms with Crippen LogP contribution in [0.25, 0.3) is 0 Å². The summed E-state index contributed by atoms with van der Waals surface area (Å²) < 4.78 is 0. The van der Waals surface area contributed by atoms with E-state index < -0.39 is 0 Å². The van der Waals surface area contributed by atoms with Gasteiger partial charge in [0.05, 0.1) is 0 Å². The fourth-order valence-electron chi connectivity index (χ4n) is 4.09. The van der Waals surface area contributed by atoms with Crippen molar-refractivity contribution < 1.29 is 9.90 Å². The molecule has 16 heavy (non-hydrogen) atoms. The van der Waals surface area contributed by atoms with Crippen LogP contribution >= 0.6 is 0 Å². The van der Waals surface area contributed by atoms with Gasteiger partial charge in [-0.3, -0.25) is 4.79 Å². The summed E-state index contributed by atoms with van der Waals surface area (Å²) in [6, 6.07) is 0. The van der Waals surface area contributed by atoms with Gasteiger partial charge in [-0.15, -0.1) is 0 Å². The first-order valence-corrected chi connectivity index (χ1v) is 6.59. The van der Waals surface area contributed by atoms with Gasteiger partial charge < -0.3 is 5.11 Å². The van der Waals surface area contributed by atoms with Crippen molar-refractivity contribution in [1.29, 1.82) is 0 Å². The quantitative estimate of drug-likeness (QED) is 0.743. The molecule has 0 unspecified atom stereocenters. The molecule has 0 aliphatic heterocycles. The van der Waals surface area contributed by atoms with Crippen LogP contribution in [0, 0.1) is 22.7 Å². The van der Waals surface area contributed by atoms with Crippen molar-refractivity contribution >= 4 is 5.78 Å². The molecule has 2 aliphatic carbocycles. The average Bonchev–Trinajstić information content (AvgIpc) is 2.27. The summed E-state index contributed by atoms with van der Waals surface area (Å²) in [4.78, 5) is 12.2. The van der Waals surface area contributed by atoms with Gasteiger partial charge in [0, 0.05) is 18.4 Å². The van der Waals surface area contributed by atoms with Crippen molar-refractivity contribution in [3.8, 4) is 0 Å². The Morgan fingerprint density at radius 1 is 1.38 bits per heavy atom. The summed E-state index contributed by atoms with van der Waals surface area (Å²) in [6.07, 6.45) is 4.98. The highest BCUT2D eigenvalue weighted by Gasteiger charge is 2.55. The van der Waals surface area contributed by atoms with Gasteiger partial charge in [0.25, 0.3) is 0 Å². The molecule has 0 aromatic rings. The third-order valence-corrected chi connectivity index (χ3v) is 5.66. The van der Waals surface area contributed by atoms with Crippen LogP contribution in [0.15, 0.2) is 0 Å². The van der Waals surface area contributed by atoms with Crippen molar-refractivity contribution in [2.75, 3.05) is 6.61 Å². The number of hydrogen-bond donors (Lipinski definition) is 1. The second-order valence-electron chi connectivity index (χ2n) is 6.39. The fraction of sp³-hybridized carbons (Fsp3) is 0.929. The lowest BCUT2D eigenvalue weighted by molar-refractivity contribution is -0.152. The normalized spacial score (nSPS) is 48.9. The summed E-state index contributed by atoms with van der Waals surface area (Å²) in [5.41, 5.74) is -0.203. The summed E-state index contributed by atoms with van der Waals surface area (Å²) in [5, 5.41) is 9.75. The van der Waals surface area contributed by atoms with E-state index in [9.17, 15) is 9.90 Å². The largest absolute Gasteiger partial charge is 0.396 e. The van der Waals surface area contributed by atoms with Crippen LogP contribution in [0.2, 0.25) is 0 Å². The van der Waals surface area contributed by atoms with Gasteiger partial charge in [-0.05, 0) is 42.9 Å². The first-order valence-electron chi connectivity index (χ1n) is 6.59. The minimum Gasteiger partial charge on any atom is -0.396 e. The monoisotopic (exact) mass is 224 g/mol. The van der Waals surface area contributed by atoms with E-state index in [1.165, 1.54) is 0 Å². The molecule has 2 saturated carbocycles. The summed E-state index contributed by atoms with van der Waals surface area (Å²) in [6.45, 7) is 6.77. The fourth-order valence-corrected chi connectivity index (χ4v) is 4.09. The highest BCUT2D eigenvalue weighted by atomic mass is 16.3. The molecule has 0 heterocycles. The zero-order valence-electron chi connectivity index (χ0n) is 10.8. The van der Waals surface area contributed by atoms with E-state index in [1.54, 1.807) is 0 Å². The molecule has 0 amide bonds. The number of hydrogen-bond acceptors (Lipinski definition) is 2. The lowest BCUT2D eigenvalue weighted by Gasteiger charge is -2.56. The molecule has 2 nitrogen and oxygen atoms in total. The van der Waals surface area contributed by atoms with Crippen LogP contribution in [-0.4, -0.2) is 17.5 Å². The van der Waals surface area contributed by atoms with Crippen LogP contribution < -0.4 is 0 Å². The molecule has 2 aliphatic rings. The molecule has 0 aromatic carbocycles. The Morgan fingerprint density at radius 2 is 2.06 bits per heavy atom. The molecule has 0 saturated heterocycles. The molecular weight excluding hydrogens is 200 g/mol. The lowest BCUT2D eigenvalue weighted by atomic mass is 9.48. The third-order valence-electron chi connectivity index (χ3n) is 5.66. The molecule has 0 radical (unpaired) electrons. The van der Waals surface area contributed by atoms with Gasteiger partial charge in [0.2, 0.25) is 0 Å². The molecule has 0 aromatic heterocycles. The van der Waals surface area contributed by atoms with Crippen LogP contribution in [-0.2, 0) is 4.79 Å². The Kier molecular flexibility index (Phi) is 2.90. The number of Topliss-reactive ketones (excluding diaryl/α,β-unsaturated/α-hetero) is 1. The van der Waals surface area contributed by atoms with E-state index in [1.807, 2.05) is 0 Å². The highest BCUT2D eigenvalue weighted by Crippen LogP contribution is 2.58. The number of aliphatic hydroxyl groups excluding tert-OH is 1. The van der Waals surface area contributed by atoms with Gasteiger partial charge in [-0.1, -0.05) is 20.8 Å². The molecule has 1 N–H and O–H groups in total. The van der Waals surface area contributed by atoms with Gasteiger partial charge in [0.1, 0.15) is 5.78 Å². The number of carbonyl (C=O) groups excluding carboxylic acids is 1. The Balaban J connectivity index is 2.37. The van der Waals surface area contributed by atoms with Crippen molar-refractivity contribution in [1.82, 2.24) is 0 Å². The van der Waals surface area contributed by atoms with E-state index in [0.717, 1.165) is 32.1 Å². The van der Waals surface area contributed by atoms with Crippen molar-refractivity contribution in [3.63, 3.8) is 0 Å².